The number of aliphatic carboxylic acids is 1. The van der Waals surface area contributed by atoms with Crippen LogP contribution in [0.5, 0.6) is 0 Å². The number of ether oxygens (including phenoxy) is 1. The van der Waals surface area contributed by atoms with Crippen LogP contribution in [-0.2, 0) is 9.53 Å². The molecule has 5 aliphatic rings. The summed E-state index contributed by atoms with van der Waals surface area (Å²) < 4.78 is 5.63. The summed E-state index contributed by atoms with van der Waals surface area (Å²) in [6.45, 7) is 0.457. The smallest absolute Gasteiger partial charge is 0.340 e. The number of hydrogen-bond acceptors (Lipinski definition) is 2. The number of hydrogen-bond donors (Lipinski definition) is 1. The van der Waals surface area contributed by atoms with E-state index in [-0.39, 0.29) is 5.41 Å². The highest BCUT2D eigenvalue weighted by molar-refractivity contribution is 5.80. The molecule has 3 heteroatoms. The minimum absolute atomic E-state index is 0.252. The number of carboxylic acids is 1. The zero-order valence-electron chi connectivity index (χ0n) is 11.3. The lowest BCUT2D eigenvalue weighted by Crippen LogP contribution is -2.51. The van der Waals surface area contributed by atoms with Gasteiger partial charge in [0.2, 0.25) is 0 Å². The van der Waals surface area contributed by atoms with E-state index in [2.05, 4.69) is 0 Å². The van der Waals surface area contributed by atoms with Gasteiger partial charge in [-0.2, -0.15) is 0 Å². The van der Waals surface area contributed by atoms with Crippen molar-refractivity contribution in [2.75, 3.05) is 6.61 Å². The van der Waals surface area contributed by atoms with E-state index in [0.717, 1.165) is 17.8 Å². The fraction of sp³-hybridized carbons (Fsp3) is 0.812. The summed E-state index contributed by atoms with van der Waals surface area (Å²) in [5.74, 6) is 1.80. The van der Waals surface area contributed by atoms with Crippen molar-refractivity contribution >= 4 is 5.97 Å². The van der Waals surface area contributed by atoms with Gasteiger partial charge in [0.1, 0.15) is 0 Å². The third-order valence-electron chi connectivity index (χ3n) is 5.99. The zero-order chi connectivity index (χ0) is 13.1. The Balaban J connectivity index is 1.62. The van der Waals surface area contributed by atoms with Crippen LogP contribution >= 0.6 is 0 Å². The van der Waals surface area contributed by atoms with Crippen LogP contribution in [0.3, 0.4) is 0 Å². The van der Waals surface area contributed by atoms with Gasteiger partial charge in [-0.15, -0.1) is 0 Å². The minimum atomic E-state index is -1.02. The van der Waals surface area contributed by atoms with E-state index in [9.17, 15) is 9.90 Å². The molecule has 0 radical (unpaired) electrons. The van der Waals surface area contributed by atoms with Crippen molar-refractivity contribution < 1.29 is 14.6 Å². The van der Waals surface area contributed by atoms with Crippen LogP contribution < -0.4 is 0 Å². The van der Waals surface area contributed by atoms with Gasteiger partial charge in [-0.25, -0.2) is 4.79 Å². The Labute approximate surface area is 114 Å². The van der Waals surface area contributed by atoms with Crippen LogP contribution in [-0.4, -0.2) is 23.3 Å². The molecule has 5 rings (SSSR count). The van der Waals surface area contributed by atoms with E-state index in [0.29, 0.717) is 13.0 Å². The van der Waals surface area contributed by atoms with Crippen LogP contribution in [0.15, 0.2) is 12.2 Å². The van der Waals surface area contributed by atoms with Gasteiger partial charge in [0.15, 0.2) is 5.60 Å². The highest BCUT2D eigenvalue weighted by Crippen LogP contribution is 2.62. The Morgan fingerprint density at radius 1 is 1.16 bits per heavy atom. The molecule has 0 aromatic heterocycles. The summed E-state index contributed by atoms with van der Waals surface area (Å²) in [7, 11) is 0. The Morgan fingerprint density at radius 3 is 2.16 bits per heavy atom. The quantitative estimate of drug-likeness (QED) is 0.795. The highest BCUT2D eigenvalue weighted by Gasteiger charge is 2.55. The van der Waals surface area contributed by atoms with Crippen LogP contribution in [0.4, 0.5) is 0 Å². The van der Waals surface area contributed by atoms with Gasteiger partial charge >= 0.3 is 5.97 Å². The molecule has 1 atom stereocenters. The molecule has 4 bridgehead atoms. The van der Waals surface area contributed by atoms with Crippen molar-refractivity contribution in [2.45, 2.75) is 50.5 Å². The van der Waals surface area contributed by atoms with E-state index in [4.69, 9.17) is 4.74 Å². The average Bonchev–Trinajstić information content (AvgIpc) is 2.76. The van der Waals surface area contributed by atoms with Crippen molar-refractivity contribution in [3.8, 4) is 0 Å². The van der Waals surface area contributed by atoms with Crippen molar-refractivity contribution in [1.29, 1.82) is 0 Å². The topological polar surface area (TPSA) is 46.5 Å². The van der Waals surface area contributed by atoms with Crippen LogP contribution in [0.1, 0.15) is 44.9 Å². The molecule has 4 aliphatic carbocycles. The van der Waals surface area contributed by atoms with Crippen molar-refractivity contribution in [3.05, 3.63) is 12.2 Å². The van der Waals surface area contributed by atoms with Gasteiger partial charge in [-0.05, 0) is 74.2 Å². The van der Waals surface area contributed by atoms with Crippen LogP contribution in [0, 0.1) is 23.2 Å². The molecule has 1 aliphatic heterocycles. The summed E-state index contributed by atoms with van der Waals surface area (Å²) in [5, 5.41) is 9.59. The van der Waals surface area contributed by atoms with Gasteiger partial charge in [-0.3, -0.25) is 0 Å². The second kappa shape index (κ2) is 3.85. The van der Waals surface area contributed by atoms with Crippen LogP contribution in [0.25, 0.3) is 0 Å². The second-order valence-electron chi connectivity index (χ2n) is 7.50. The SMILES string of the molecule is O=C(O)C1(CC23CC4CC(CC(C4)C2)C3)C=CCO1. The maximum atomic E-state index is 11.7. The molecule has 4 saturated carbocycles. The third kappa shape index (κ3) is 1.78. The summed E-state index contributed by atoms with van der Waals surface area (Å²) in [4.78, 5) is 11.7. The highest BCUT2D eigenvalue weighted by atomic mass is 16.5. The van der Waals surface area contributed by atoms with Gasteiger partial charge in [0.25, 0.3) is 0 Å². The van der Waals surface area contributed by atoms with Crippen LogP contribution in [0.2, 0.25) is 0 Å². The Morgan fingerprint density at radius 2 is 1.74 bits per heavy atom. The number of carbonyl (C=O) groups is 1. The van der Waals surface area contributed by atoms with E-state index in [1.165, 1.54) is 38.5 Å². The molecule has 4 fully saturated rings. The van der Waals surface area contributed by atoms with Crippen molar-refractivity contribution in [1.82, 2.24) is 0 Å². The minimum Gasteiger partial charge on any atom is -0.479 e. The standard InChI is InChI=1S/C16H22O3/c17-14(18)16(2-1-3-19-16)10-15-7-11-4-12(8-15)6-13(5-11)9-15/h1-2,11-13H,3-10H2,(H,17,18). The monoisotopic (exact) mass is 262 g/mol. The average molecular weight is 262 g/mol. The van der Waals surface area contributed by atoms with Gasteiger partial charge < -0.3 is 9.84 Å². The molecule has 0 aromatic rings. The summed E-state index contributed by atoms with van der Waals surface area (Å²) in [6.07, 6.45) is 12.3. The lowest BCUT2D eigenvalue weighted by molar-refractivity contribution is -0.166. The second-order valence-corrected chi connectivity index (χ2v) is 7.50. The van der Waals surface area contributed by atoms with Gasteiger partial charge in [-0.1, -0.05) is 6.08 Å². The predicted molar refractivity (Wildman–Crippen MR) is 70.7 cm³/mol. The molecule has 19 heavy (non-hydrogen) atoms. The van der Waals surface area contributed by atoms with Crippen molar-refractivity contribution in [2.24, 2.45) is 23.2 Å². The molecule has 0 amide bonds. The Kier molecular flexibility index (Phi) is 2.42. The fourth-order valence-corrected chi connectivity index (χ4v) is 5.87. The van der Waals surface area contributed by atoms with E-state index in [1.54, 1.807) is 6.08 Å². The number of carboxylic acid groups (broad SMARTS) is 1. The number of rotatable bonds is 3. The Bertz CT molecular complexity index is 404. The molecule has 0 saturated heterocycles. The summed E-state index contributed by atoms with van der Waals surface area (Å²) in [6, 6.07) is 0. The third-order valence-corrected chi connectivity index (χ3v) is 5.99. The first kappa shape index (κ1) is 12.0. The van der Waals surface area contributed by atoms with E-state index >= 15 is 0 Å². The molecule has 1 unspecified atom stereocenters. The fourth-order valence-electron chi connectivity index (χ4n) is 5.87. The first-order valence-electron chi connectivity index (χ1n) is 7.64. The van der Waals surface area contributed by atoms with Gasteiger partial charge in [0, 0.05) is 0 Å². The lowest BCUT2D eigenvalue weighted by atomic mass is 9.48. The lowest BCUT2D eigenvalue weighted by Gasteiger charge is -2.58. The molecule has 0 spiro atoms. The molecular formula is C16H22O3. The molecule has 1 N–H and O–H groups in total. The van der Waals surface area contributed by atoms with E-state index < -0.39 is 11.6 Å². The summed E-state index contributed by atoms with van der Waals surface area (Å²) in [5.41, 5.74) is -0.770. The normalized spacial score (nSPS) is 50.8. The first-order valence-corrected chi connectivity index (χ1v) is 7.64. The molecule has 1 heterocycles. The van der Waals surface area contributed by atoms with Crippen molar-refractivity contribution in [3.63, 3.8) is 0 Å². The maximum Gasteiger partial charge on any atom is 0.340 e. The maximum absolute atomic E-state index is 11.7. The molecule has 0 aromatic carbocycles. The Hall–Kier alpha value is -0.830. The predicted octanol–water partition coefficient (Wildman–Crippen LogP) is 3.00. The largest absolute Gasteiger partial charge is 0.479 e. The summed E-state index contributed by atoms with van der Waals surface area (Å²) >= 11 is 0. The molecule has 3 nitrogen and oxygen atoms in total. The van der Waals surface area contributed by atoms with Gasteiger partial charge in [0.05, 0.1) is 6.61 Å². The first-order chi connectivity index (χ1) is 9.09. The molecular weight excluding hydrogens is 240 g/mol. The zero-order valence-corrected chi connectivity index (χ0v) is 11.3. The molecule has 104 valence electrons. The van der Waals surface area contributed by atoms with E-state index in [1.807, 2.05) is 6.08 Å².